The van der Waals surface area contributed by atoms with Gasteiger partial charge in [-0.2, -0.15) is 15.5 Å². The van der Waals surface area contributed by atoms with Gasteiger partial charge in [0.1, 0.15) is 6.07 Å². The van der Waals surface area contributed by atoms with Crippen molar-refractivity contribution in [1.29, 1.82) is 5.26 Å². The Labute approximate surface area is 165 Å². The largest absolute Gasteiger partial charge is 0.349 e. The summed E-state index contributed by atoms with van der Waals surface area (Å²) in [5, 5.41) is 20.8. The lowest BCUT2D eigenvalue weighted by Crippen LogP contribution is -2.27. The third kappa shape index (κ3) is 3.56. The summed E-state index contributed by atoms with van der Waals surface area (Å²) in [6.07, 6.45) is 5.21. The number of rotatable bonds is 5. The number of benzene rings is 1. The highest BCUT2D eigenvalue weighted by atomic mass is 35.5. The fourth-order valence-corrected chi connectivity index (χ4v) is 2.94. The molecular weight excluding hydrogens is 378 g/mol. The van der Waals surface area contributed by atoms with Gasteiger partial charge >= 0.3 is 0 Å². The molecule has 0 saturated heterocycles. The number of nitriles is 1. The number of carbonyl (C=O) groups excluding carboxylic acids is 1. The van der Waals surface area contributed by atoms with E-state index in [2.05, 4.69) is 20.5 Å². The summed E-state index contributed by atoms with van der Waals surface area (Å²) in [6.45, 7) is 0.900. The Hall–Kier alpha value is -3.70. The molecule has 8 nitrogen and oxygen atoms in total. The number of halogens is 1. The van der Waals surface area contributed by atoms with Gasteiger partial charge in [-0.1, -0.05) is 17.7 Å². The maximum atomic E-state index is 12.2. The van der Waals surface area contributed by atoms with Gasteiger partial charge in [-0.3, -0.25) is 9.48 Å². The molecule has 1 amide bonds. The summed E-state index contributed by atoms with van der Waals surface area (Å²) in [5.41, 5.74) is 2.92. The average molecular weight is 392 g/mol. The van der Waals surface area contributed by atoms with Crippen molar-refractivity contribution < 1.29 is 4.79 Å². The summed E-state index contributed by atoms with van der Waals surface area (Å²) in [5.74, 6) is -0.267. The average Bonchev–Trinajstić information content (AvgIpc) is 3.35. The third-order valence-corrected chi connectivity index (χ3v) is 4.43. The predicted molar refractivity (Wildman–Crippen MR) is 103 cm³/mol. The number of carbonyl (C=O) groups is 1. The molecule has 0 fully saturated rings. The zero-order valence-corrected chi connectivity index (χ0v) is 15.3. The van der Waals surface area contributed by atoms with Crippen LogP contribution in [0, 0.1) is 11.3 Å². The Morgan fingerprint density at radius 1 is 1.21 bits per heavy atom. The minimum Gasteiger partial charge on any atom is -0.349 e. The lowest BCUT2D eigenvalue weighted by Gasteiger charge is -2.04. The number of nitrogens with zero attached hydrogens (tertiary/aromatic N) is 6. The molecule has 1 aromatic carbocycles. The maximum Gasteiger partial charge on any atom is 0.271 e. The molecule has 3 heterocycles. The quantitative estimate of drug-likeness (QED) is 0.563. The van der Waals surface area contributed by atoms with Crippen LogP contribution in [0.2, 0.25) is 5.02 Å². The molecule has 3 aromatic heterocycles. The second-order valence-electron chi connectivity index (χ2n) is 5.98. The van der Waals surface area contributed by atoms with Crippen molar-refractivity contribution in [2.45, 2.75) is 6.54 Å². The smallest absolute Gasteiger partial charge is 0.271 e. The SMILES string of the molecule is N#Cc1ccc(-c2ccn(CCNC(=O)c3cc4ncccn4n3)n2)cc1Cl. The van der Waals surface area contributed by atoms with Crippen LogP contribution in [0.4, 0.5) is 0 Å². The van der Waals surface area contributed by atoms with Crippen LogP contribution in [0.3, 0.4) is 0 Å². The van der Waals surface area contributed by atoms with Crippen LogP contribution in [0.5, 0.6) is 0 Å². The highest BCUT2D eigenvalue weighted by Gasteiger charge is 2.11. The zero-order chi connectivity index (χ0) is 19.5. The van der Waals surface area contributed by atoms with E-state index in [1.165, 1.54) is 0 Å². The fourth-order valence-electron chi connectivity index (χ4n) is 2.72. The Morgan fingerprint density at radius 3 is 2.89 bits per heavy atom. The monoisotopic (exact) mass is 391 g/mol. The second-order valence-corrected chi connectivity index (χ2v) is 6.39. The molecule has 4 aromatic rings. The highest BCUT2D eigenvalue weighted by molar-refractivity contribution is 6.32. The minimum absolute atomic E-state index is 0.267. The van der Waals surface area contributed by atoms with E-state index in [4.69, 9.17) is 16.9 Å². The summed E-state index contributed by atoms with van der Waals surface area (Å²) >= 11 is 6.08. The molecule has 0 bridgehead atoms. The molecular formula is C19H14ClN7O. The first-order valence-corrected chi connectivity index (χ1v) is 8.84. The molecule has 0 atom stereocenters. The normalized spacial score (nSPS) is 10.7. The molecule has 4 rings (SSSR count). The molecule has 0 spiro atoms. The lowest BCUT2D eigenvalue weighted by atomic mass is 10.1. The van der Waals surface area contributed by atoms with Crippen LogP contribution in [-0.4, -0.2) is 36.8 Å². The van der Waals surface area contributed by atoms with Crippen molar-refractivity contribution in [2.24, 2.45) is 0 Å². The highest BCUT2D eigenvalue weighted by Crippen LogP contribution is 2.24. The molecule has 0 aliphatic carbocycles. The van der Waals surface area contributed by atoms with Crippen LogP contribution < -0.4 is 5.32 Å². The summed E-state index contributed by atoms with van der Waals surface area (Å²) in [6, 6.07) is 12.5. The lowest BCUT2D eigenvalue weighted by molar-refractivity contribution is 0.0946. The van der Waals surface area contributed by atoms with Gasteiger partial charge in [-0.15, -0.1) is 0 Å². The van der Waals surface area contributed by atoms with E-state index in [1.807, 2.05) is 18.3 Å². The van der Waals surface area contributed by atoms with Crippen molar-refractivity contribution in [3.63, 3.8) is 0 Å². The van der Waals surface area contributed by atoms with Gasteiger partial charge in [-0.05, 0) is 24.3 Å². The second kappa shape index (κ2) is 7.50. The van der Waals surface area contributed by atoms with Gasteiger partial charge < -0.3 is 5.32 Å². The van der Waals surface area contributed by atoms with Gasteiger partial charge in [0.15, 0.2) is 11.3 Å². The van der Waals surface area contributed by atoms with Gasteiger partial charge in [0.25, 0.3) is 5.91 Å². The molecule has 138 valence electrons. The number of hydrogen-bond donors (Lipinski definition) is 1. The van der Waals surface area contributed by atoms with Crippen LogP contribution in [-0.2, 0) is 6.54 Å². The molecule has 0 aliphatic rings. The van der Waals surface area contributed by atoms with Crippen LogP contribution in [0.1, 0.15) is 16.1 Å². The third-order valence-electron chi connectivity index (χ3n) is 4.12. The Balaban J connectivity index is 1.37. The molecule has 0 saturated carbocycles. The molecule has 28 heavy (non-hydrogen) atoms. The first-order chi connectivity index (χ1) is 13.6. The van der Waals surface area contributed by atoms with E-state index >= 15 is 0 Å². The topological polar surface area (TPSA) is 101 Å². The van der Waals surface area contributed by atoms with Gasteiger partial charge in [0, 0.05) is 36.8 Å². The van der Waals surface area contributed by atoms with E-state index in [0.717, 1.165) is 11.3 Å². The standard InChI is InChI=1S/C19H14ClN7O/c20-15-10-13(2-3-14(15)12-21)16-4-8-26(24-16)9-6-23-19(28)17-11-18-22-5-1-7-27(18)25-17/h1-5,7-8,10-11H,6,9H2,(H,23,28). The molecule has 1 N–H and O–H groups in total. The van der Waals surface area contributed by atoms with Crippen molar-refractivity contribution in [3.8, 4) is 17.3 Å². The summed E-state index contributed by atoms with van der Waals surface area (Å²) in [4.78, 5) is 16.4. The van der Waals surface area contributed by atoms with E-state index in [9.17, 15) is 4.79 Å². The molecule has 0 unspecified atom stereocenters. The van der Waals surface area contributed by atoms with Crippen molar-refractivity contribution >= 4 is 23.2 Å². The summed E-state index contributed by atoms with van der Waals surface area (Å²) < 4.78 is 3.28. The summed E-state index contributed by atoms with van der Waals surface area (Å²) in [7, 11) is 0. The van der Waals surface area contributed by atoms with E-state index in [0.29, 0.717) is 35.0 Å². The fraction of sp³-hybridized carbons (Fsp3) is 0.105. The van der Waals surface area contributed by atoms with E-state index in [-0.39, 0.29) is 5.91 Å². The zero-order valence-electron chi connectivity index (χ0n) is 14.6. The Bertz CT molecular complexity index is 1170. The van der Waals surface area contributed by atoms with Crippen molar-refractivity contribution in [3.05, 3.63) is 71.3 Å². The van der Waals surface area contributed by atoms with Gasteiger partial charge in [-0.25, -0.2) is 9.50 Å². The number of fused-ring (bicyclic) bond motifs is 1. The van der Waals surface area contributed by atoms with Gasteiger partial charge in [0.2, 0.25) is 0 Å². The number of amides is 1. The Kier molecular flexibility index (Phi) is 4.74. The molecule has 0 aliphatic heterocycles. The van der Waals surface area contributed by atoms with Crippen molar-refractivity contribution in [2.75, 3.05) is 6.54 Å². The van der Waals surface area contributed by atoms with Crippen molar-refractivity contribution in [1.82, 2.24) is 29.7 Å². The van der Waals surface area contributed by atoms with Crippen LogP contribution >= 0.6 is 11.6 Å². The first kappa shape index (κ1) is 17.7. The van der Waals surface area contributed by atoms with Gasteiger partial charge in [0.05, 0.1) is 22.8 Å². The minimum atomic E-state index is -0.267. The van der Waals surface area contributed by atoms with E-state index < -0.39 is 0 Å². The molecule has 0 radical (unpaired) electrons. The first-order valence-electron chi connectivity index (χ1n) is 8.46. The molecule has 9 heteroatoms. The predicted octanol–water partition coefficient (Wildman–Crippen LogP) is 2.55. The van der Waals surface area contributed by atoms with Crippen LogP contribution in [0.15, 0.2) is 55.0 Å². The number of nitrogens with one attached hydrogen (secondary N) is 1. The maximum absolute atomic E-state index is 12.2. The van der Waals surface area contributed by atoms with E-state index in [1.54, 1.807) is 51.9 Å². The number of hydrogen-bond acceptors (Lipinski definition) is 5. The Morgan fingerprint density at radius 2 is 2.11 bits per heavy atom. The van der Waals surface area contributed by atoms with Crippen LogP contribution in [0.25, 0.3) is 16.9 Å². The number of aromatic nitrogens is 5.